The largest absolute Gasteiger partial charge is 0.465 e. The molecule has 1 amide bonds. The molecule has 0 aromatic heterocycles. The summed E-state index contributed by atoms with van der Waals surface area (Å²) in [6, 6.07) is 14.7. The smallest absolute Gasteiger partial charge is 0.321 e. The molecule has 12 heteroatoms. The number of carbonyl (C=O) groups is 2. The van der Waals surface area contributed by atoms with E-state index in [1.165, 1.54) is 0 Å². The zero-order valence-electron chi connectivity index (χ0n) is 22.4. The Morgan fingerprint density at radius 1 is 1.23 bits per heavy atom. The van der Waals surface area contributed by atoms with Crippen LogP contribution in [0.2, 0.25) is 0 Å². The summed E-state index contributed by atoms with van der Waals surface area (Å²) < 4.78 is 31.4. The van der Waals surface area contributed by atoms with E-state index in [0.29, 0.717) is 22.4 Å². The van der Waals surface area contributed by atoms with Crippen molar-refractivity contribution in [3.05, 3.63) is 77.0 Å². The molecule has 4 N–H and O–H groups in total. The molecule has 1 aliphatic rings. The standard InChI is InChI=1S/C28H31N5O6S/c1-4-39-26(34)17-33(40(3,37)38)25(15-20-11-14-24(32-36)27(30)18(20)2)28(35)31-22-12-9-19(10-13-22)23-8-6-5-7-21(23)16-29/h5-13,25,36H,4,14-15,17,30H2,1-3H3,(H,31,35). The molecule has 0 fully saturated rings. The molecule has 0 radical (unpaired) electrons. The fourth-order valence-electron chi connectivity index (χ4n) is 4.32. The number of hydrogen-bond acceptors (Lipinski definition) is 9. The summed E-state index contributed by atoms with van der Waals surface area (Å²) >= 11 is 0. The first-order valence-corrected chi connectivity index (χ1v) is 14.2. The Labute approximate surface area is 233 Å². The number of sulfonamides is 1. The Kier molecular flexibility index (Phi) is 9.82. The van der Waals surface area contributed by atoms with Crippen LogP contribution in [0.25, 0.3) is 11.1 Å². The van der Waals surface area contributed by atoms with Crippen molar-refractivity contribution in [2.45, 2.75) is 32.7 Å². The number of nitriles is 1. The van der Waals surface area contributed by atoms with Gasteiger partial charge in [0, 0.05) is 12.1 Å². The van der Waals surface area contributed by atoms with Crippen LogP contribution in [0, 0.1) is 11.3 Å². The van der Waals surface area contributed by atoms with Crippen LogP contribution >= 0.6 is 0 Å². The van der Waals surface area contributed by atoms with E-state index in [1.54, 1.807) is 56.3 Å². The molecule has 1 aliphatic carbocycles. The summed E-state index contributed by atoms with van der Waals surface area (Å²) in [5.74, 6) is -1.47. The second kappa shape index (κ2) is 13.1. The quantitative estimate of drug-likeness (QED) is 0.224. The molecule has 2 aromatic rings. The lowest BCUT2D eigenvalue weighted by atomic mass is 9.90. The van der Waals surface area contributed by atoms with Crippen molar-refractivity contribution in [3.8, 4) is 17.2 Å². The van der Waals surface area contributed by atoms with Crippen LogP contribution in [0.3, 0.4) is 0 Å². The van der Waals surface area contributed by atoms with E-state index in [1.807, 2.05) is 12.1 Å². The van der Waals surface area contributed by atoms with Crippen LogP contribution in [0.4, 0.5) is 5.69 Å². The van der Waals surface area contributed by atoms with Gasteiger partial charge in [-0.25, -0.2) is 8.42 Å². The first kappa shape index (κ1) is 30.1. The summed E-state index contributed by atoms with van der Waals surface area (Å²) in [5.41, 5.74) is 10.0. The van der Waals surface area contributed by atoms with E-state index in [9.17, 15) is 28.5 Å². The summed E-state index contributed by atoms with van der Waals surface area (Å²) in [5, 5.41) is 24.5. The molecule has 1 unspecified atom stereocenters. The number of nitrogens with one attached hydrogen (secondary N) is 1. The van der Waals surface area contributed by atoms with Gasteiger partial charge in [0.1, 0.15) is 18.3 Å². The maximum absolute atomic E-state index is 13.6. The number of benzene rings is 2. The second-order valence-electron chi connectivity index (χ2n) is 9.08. The van der Waals surface area contributed by atoms with E-state index in [0.717, 1.165) is 21.7 Å². The molecule has 0 bridgehead atoms. The van der Waals surface area contributed by atoms with Crippen LogP contribution in [0.15, 0.2) is 76.6 Å². The number of rotatable bonds is 10. The molecule has 0 saturated carbocycles. The molecule has 3 rings (SSSR count). The van der Waals surface area contributed by atoms with E-state index >= 15 is 0 Å². The number of hydrogen-bond donors (Lipinski definition) is 3. The van der Waals surface area contributed by atoms with Gasteiger partial charge in [-0.05, 0) is 60.7 Å². The number of anilines is 1. The maximum Gasteiger partial charge on any atom is 0.321 e. The summed E-state index contributed by atoms with van der Waals surface area (Å²) in [4.78, 5) is 26.0. The minimum absolute atomic E-state index is 0.0430. The first-order chi connectivity index (χ1) is 19.0. The van der Waals surface area contributed by atoms with E-state index < -0.39 is 34.5 Å². The molecule has 2 aromatic carbocycles. The van der Waals surface area contributed by atoms with Gasteiger partial charge >= 0.3 is 5.97 Å². The topological polar surface area (TPSA) is 175 Å². The number of esters is 1. The third-order valence-corrected chi connectivity index (χ3v) is 7.69. The maximum atomic E-state index is 13.6. The summed E-state index contributed by atoms with van der Waals surface area (Å²) in [6.07, 6.45) is 2.70. The summed E-state index contributed by atoms with van der Waals surface area (Å²) in [6.45, 7) is 2.65. The predicted octanol–water partition coefficient (Wildman–Crippen LogP) is 3.14. The van der Waals surface area contributed by atoms with Gasteiger partial charge in [0.15, 0.2) is 0 Å². The molecule has 210 valence electrons. The molecule has 1 atom stereocenters. The van der Waals surface area contributed by atoms with E-state index in [4.69, 9.17) is 10.5 Å². The van der Waals surface area contributed by atoms with Gasteiger partial charge in [0.25, 0.3) is 0 Å². The molecule has 11 nitrogen and oxygen atoms in total. The number of nitrogens with zero attached hydrogens (tertiary/aromatic N) is 3. The Morgan fingerprint density at radius 3 is 2.50 bits per heavy atom. The minimum Gasteiger partial charge on any atom is -0.465 e. The summed E-state index contributed by atoms with van der Waals surface area (Å²) in [7, 11) is -4.06. The van der Waals surface area contributed by atoms with Crippen molar-refractivity contribution in [3.63, 3.8) is 0 Å². The van der Waals surface area contributed by atoms with Crippen molar-refractivity contribution in [1.82, 2.24) is 4.31 Å². The predicted molar refractivity (Wildman–Crippen MR) is 151 cm³/mol. The Balaban J connectivity index is 1.95. The fourth-order valence-corrected chi connectivity index (χ4v) is 5.29. The average molecular weight is 566 g/mol. The van der Waals surface area contributed by atoms with Gasteiger partial charge in [-0.1, -0.05) is 41.6 Å². The number of ether oxygens (including phenoxy) is 1. The van der Waals surface area contributed by atoms with E-state index in [-0.39, 0.29) is 30.9 Å². The highest BCUT2D eigenvalue weighted by Crippen LogP contribution is 2.28. The molecular formula is C28H31N5O6S. The zero-order chi connectivity index (χ0) is 29.4. The van der Waals surface area contributed by atoms with Crippen LogP contribution in [0.1, 0.15) is 32.3 Å². The lowest BCUT2D eigenvalue weighted by Gasteiger charge is -2.30. The highest BCUT2D eigenvalue weighted by molar-refractivity contribution is 7.88. The van der Waals surface area contributed by atoms with E-state index in [2.05, 4.69) is 16.5 Å². The van der Waals surface area contributed by atoms with Crippen molar-refractivity contribution in [1.29, 1.82) is 5.26 Å². The lowest BCUT2D eigenvalue weighted by Crippen LogP contribution is -2.49. The van der Waals surface area contributed by atoms with Crippen LogP contribution in [-0.2, 0) is 24.3 Å². The average Bonchev–Trinajstić information content (AvgIpc) is 2.93. The van der Waals surface area contributed by atoms with Gasteiger partial charge in [-0.15, -0.1) is 0 Å². The van der Waals surface area contributed by atoms with Crippen LogP contribution in [0.5, 0.6) is 0 Å². The first-order valence-electron chi connectivity index (χ1n) is 12.4. The normalized spacial score (nSPS) is 15.4. The number of allylic oxidation sites excluding steroid dienone is 3. The Bertz CT molecular complexity index is 1520. The van der Waals surface area contributed by atoms with Crippen molar-refractivity contribution >= 4 is 33.3 Å². The molecule has 0 saturated heterocycles. The molecule has 0 aliphatic heterocycles. The highest BCUT2D eigenvalue weighted by Gasteiger charge is 2.36. The third-order valence-electron chi connectivity index (χ3n) is 6.45. The van der Waals surface area contributed by atoms with Crippen molar-refractivity contribution in [2.24, 2.45) is 10.9 Å². The van der Waals surface area contributed by atoms with Gasteiger partial charge < -0.3 is 21.0 Å². The van der Waals surface area contributed by atoms with Crippen LogP contribution < -0.4 is 11.1 Å². The number of nitrogens with two attached hydrogens (primary N) is 1. The number of amides is 1. The monoisotopic (exact) mass is 565 g/mol. The van der Waals surface area contributed by atoms with Gasteiger partial charge in [0.05, 0.1) is 30.2 Å². The third kappa shape index (κ3) is 7.13. The van der Waals surface area contributed by atoms with Crippen LogP contribution in [-0.4, -0.2) is 61.0 Å². The molecule has 40 heavy (non-hydrogen) atoms. The van der Waals surface area contributed by atoms with Gasteiger partial charge in [-0.3, -0.25) is 9.59 Å². The fraction of sp³-hybridized carbons (Fsp3) is 0.286. The number of oxime groups is 1. The number of carbonyl (C=O) groups excluding carboxylic acids is 2. The van der Waals surface area contributed by atoms with Crippen molar-refractivity contribution in [2.75, 3.05) is 24.7 Å². The molecule has 0 heterocycles. The van der Waals surface area contributed by atoms with Gasteiger partial charge in [-0.2, -0.15) is 9.57 Å². The minimum atomic E-state index is -4.06. The second-order valence-corrected chi connectivity index (χ2v) is 11.0. The van der Waals surface area contributed by atoms with Crippen molar-refractivity contribution < 1.29 is 28.0 Å². The molecular weight excluding hydrogens is 534 g/mol. The lowest BCUT2D eigenvalue weighted by molar-refractivity contribution is -0.143. The highest BCUT2D eigenvalue weighted by atomic mass is 32.2. The Hall–Kier alpha value is -4.47. The SMILES string of the molecule is CCOC(=O)CN(C(CC1=CCC(=NO)C(N)=C1C)C(=O)Nc1ccc(-c2ccccc2C#N)cc1)S(C)(=O)=O. The zero-order valence-corrected chi connectivity index (χ0v) is 23.2. The Morgan fingerprint density at radius 2 is 1.90 bits per heavy atom. The van der Waals surface area contributed by atoms with Gasteiger partial charge in [0.2, 0.25) is 15.9 Å². The molecule has 0 spiro atoms.